The van der Waals surface area contributed by atoms with Gasteiger partial charge in [0.2, 0.25) is 0 Å². The molecule has 0 atom stereocenters. The fourth-order valence-electron chi connectivity index (χ4n) is 1.53. The topological polar surface area (TPSA) is 80.4 Å². The minimum Gasteiger partial charge on any atom is -0.478 e. The molecule has 7 heteroatoms. The van der Waals surface area contributed by atoms with E-state index >= 15 is 0 Å². The molecule has 0 bridgehead atoms. The first-order valence-corrected chi connectivity index (χ1v) is 7.04. The lowest BCUT2D eigenvalue weighted by atomic mass is 10.2. The average molecular weight is 354 g/mol. The summed E-state index contributed by atoms with van der Waals surface area (Å²) in [6, 6.07) is 11.0. The van der Waals surface area contributed by atoms with Crippen molar-refractivity contribution in [1.82, 2.24) is 0 Å². The van der Waals surface area contributed by atoms with Crippen LogP contribution in [0.4, 0.5) is 5.69 Å². The number of halogens is 1. The summed E-state index contributed by atoms with van der Waals surface area (Å²) in [5, 5.41) is 20.0. The van der Waals surface area contributed by atoms with Crippen molar-refractivity contribution in [3.63, 3.8) is 0 Å². The summed E-state index contributed by atoms with van der Waals surface area (Å²) in [4.78, 5) is 22.5. The summed E-state index contributed by atoms with van der Waals surface area (Å²) in [5.41, 5.74) is -0.0964. The van der Waals surface area contributed by atoms with E-state index in [1.54, 1.807) is 12.1 Å². The molecule has 2 rings (SSSR count). The molecule has 20 heavy (non-hydrogen) atoms. The molecule has 0 unspecified atom stereocenters. The van der Waals surface area contributed by atoms with Gasteiger partial charge in [-0.05, 0) is 40.2 Å². The number of hydrogen-bond acceptors (Lipinski definition) is 4. The third-order valence-electron chi connectivity index (χ3n) is 2.46. The minimum absolute atomic E-state index is 0.0187. The van der Waals surface area contributed by atoms with Crippen LogP contribution in [0.5, 0.6) is 0 Å². The van der Waals surface area contributed by atoms with Crippen LogP contribution < -0.4 is 0 Å². The molecule has 0 aliphatic carbocycles. The second-order valence-corrected chi connectivity index (χ2v) is 5.72. The predicted octanol–water partition coefficient (Wildman–Crippen LogP) is 4.21. The maximum absolute atomic E-state index is 11.0. The number of carboxylic acids is 1. The molecule has 0 heterocycles. The van der Waals surface area contributed by atoms with Crippen LogP contribution in [0.3, 0.4) is 0 Å². The molecule has 0 spiro atoms. The van der Waals surface area contributed by atoms with Crippen LogP contribution in [0, 0.1) is 10.1 Å². The van der Waals surface area contributed by atoms with Gasteiger partial charge in [-0.15, -0.1) is 0 Å². The molecule has 0 radical (unpaired) electrons. The number of hydrogen-bond donors (Lipinski definition) is 1. The Morgan fingerprint density at radius 2 is 1.90 bits per heavy atom. The Bertz CT molecular complexity index is 690. The third-order valence-corrected chi connectivity index (χ3v) is 4.54. The molecule has 0 fully saturated rings. The molecule has 0 aliphatic heterocycles. The fourth-order valence-corrected chi connectivity index (χ4v) is 3.04. The Labute approximate surface area is 126 Å². The minimum atomic E-state index is -1.12. The Morgan fingerprint density at radius 1 is 1.20 bits per heavy atom. The van der Waals surface area contributed by atoms with Crippen molar-refractivity contribution in [2.75, 3.05) is 0 Å². The van der Waals surface area contributed by atoms with Crippen LogP contribution in [0.1, 0.15) is 10.4 Å². The van der Waals surface area contributed by atoms with E-state index in [0.717, 1.165) is 21.1 Å². The van der Waals surface area contributed by atoms with E-state index in [-0.39, 0.29) is 11.3 Å². The Hall–Kier alpha value is -1.86. The molecule has 0 saturated heterocycles. The zero-order valence-corrected chi connectivity index (χ0v) is 12.3. The number of carboxylic acid groups (broad SMARTS) is 1. The number of rotatable bonds is 4. The SMILES string of the molecule is O=C(O)c1ccc([N+](=O)[O-])c(Sc2ccccc2Br)c1. The lowest BCUT2D eigenvalue weighted by molar-refractivity contribution is -0.387. The van der Waals surface area contributed by atoms with Crippen molar-refractivity contribution in [2.24, 2.45) is 0 Å². The lowest BCUT2D eigenvalue weighted by Gasteiger charge is -2.06. The van der Waals surface area contributed by atoms with E-state index in [9.17, 15) is 14.9 Å². The van der Waals surface area contributed by atoms with Crippen LogP contribution in [-0.2, 0) is 0 Å². The van der Waals surface area contributed by atoms with Gasteiger partial charge >= 0.3 is 5.97 Å². The van der Waals surface area contributed by atoms with Crippen LogP contribution in [0.25, 0.3) is 0 Å². The molecule has 5 nitrogen and oxygen atoms in total. The summed E-state index contributed by atoms with van der Waals surface area (Å²) >= 11 is 4.50. The maximum Gasteiger partial charge on any atom is 0.335 e. The van der Waals surface area contributed by atoms with Crippen molar-refractivity contribution in [3.05, 3.63) is 62.6 Å². The molecule has 1 N–H and O–H groups in total. The highest BCUT2D eigenvalue weighted by atomic mass is 79.9. The number of aromatic carboxylic acids is 1. The third kappa shape index (κ3) is 3.17. The monoisotopic (exact) mass is 353 g/mol. The number of nitro benzene ring substituents is 1. The lowest BCUT2D eigenvalue weighted by Crippen LogP contribution is -1.98. The van der Waals surface area contributed by atoms with Gasteiger partial charge in [-0.2, -0.15) is 0 Å². The van der Waals surface area contributed by atoms with Crippen LogP contribution >= 0.6 is 27.7 Å². The first kappa shape index (κ1) is 14.5. The van der Waals surface area contributed by atoms with Gasteiger partial charge in [-0.25, -0.2) is 4.79 Å². The van der Waals surface area contributed by atoms with Crippen molar-refractivity contribution in [1.29, 1.82) is 0 Å². The predicted molar refractivity (Wildman–Crippen MR) is 78.3 cm³/mol. The van der Waals surface area contributed by atoms with Gasteiger partial charge in [0.05, 0.1) is 15.4 Å². The summed E-state index contributed by atoms with van der Waals surface area (Å²) in [6.45, 7) is 0. The second kappa shape index (κ2) is 6.06. The van der Waals surface area contributed by atoms with Gasteiger partial charge in [-0.1, -0.05) is 23.9 Å². The molecule has 0 aliphatic rings. The standard InChI is InChI=1S/C13H8BrNO4S/c14-9-3-1-2-4-11(9)20-12-7-8(13(16)17)5-6-10(12)15(18)19/h1-7H,(H,16,17). The van der Waals surface area contributed by atoms with Gasteiger partial charge in [0.1, 0.15) is 0 Å². The highest BCUT2D eigenvalue weighted by Gasteiger charge is 2.18. The van der Waals surface area contributed by atoms with Gasteiger partial charge in [0, 0.05) is 15.4 Å². The Morgan fingerprint density at radius 3 is 2.50 bits per heavy atom. The number of nitrogens with zero attached hydrogens (tertiary/aromatic N) is 1. The Balaban J connectivity index is 2.48. The van der Waals surface area contributed by atoms with Crippen LogP contribution in [-0.4, -0.2) is 16.0 Å². The summed E-state index contributed by atoms with van der Waals surface area (Å²) in [6.07, 6.45) is 0. The first-order chi connectivity index (χ1) is 9.49. The van der Waals surface area contributed by atoms with E-state index in [0.29, 0.717) is 4.90 Å². The molecule has 102 valence electrons. The molecule has 0 amide bonds. The largest absolute Gasteiger partial charge is 0.478 e. The maximum atomic E-state index is 11.0. The van der Waals surface area contributed by atoms with E-state index in [1.807, 2.05) is 12.1 Å². The number of nitro groups is 1. The van der Waals surface area contributed by atoms with Gasteiger partial charge < -0.3 is 5.11 Å². The van der Waals surface area contributed by atoms with Gasteiger partial charge in [-0.3, -0.25) is 10.1 Å². The smallest absolute Gasteiger partial charge is 0.335 e. The van der Waals surface area contributed by atoms with E-state index in [4.69, 9.17) is 5.11 Å². The quantitative estimate of drug-likeness (QED) is 0.657. The first-order valence-electron chi connectivity index (χ1n) is 5.43. The van der Waals surface area contributed by atoms with Gasteiger partial charge in [0.25, 0.3) is 5.69 Å². The molecule has 0 aromatic heterocycles. The van der Waals surface area contributed by atoms with E-state index in [2.05, 4.69) is 15.9 Å². The molecule has 0 saturated carbocycles. The fraction of sp³-hybridized carbons (Fsp3) is 0. The number of carbonyl (C=O) groups is 1. The van der Waals surface area contributed by atoms with E-state index in [1.165, 1.54) is 18.2 Å². The summed E-state index contributed by atoms with van der Waals surface area (Å²) in [7, 11) is 0. The molecular weight excluding hydrogens is 346 g/mol. The van der Waals surface area contributed by atoms with Crippen molar-refractivity contribution in [3.8, 4) is 0 Å². The van der Waals surface area contributed by atoms with Crippen LogP contribution in [0.15, 0.2) is 56.7 Å². The highest BCUT2D eigenvalue weighted by Crippen LogP contribution is 2.38. The molecule has 2 aromatic rings. The second-order valence-electron chi connectivity index (χ2n) is 3.78. The van der Waals surface area contributed by atoms with Crippen molar-refractivity contribution >= 4 is 39.3 Å². The zero-order valence-electron chi connectivity index (χ0n) is 9.95. The summed E-state index contributed by atoms with van der Waals surface area (Å²) < 4.78 is 0.792. The van der Waals surface area contributed by atoms with Gasteiger partial charge in [0.15, 0.2) is 0 Å². The zero-order chi connectivity index (χ0) is 14.7. The van der Waals surface area contributed by atoms with E-state index < -0.39 is 10.9 Å². The average Bonchev–Trinajstić information content (AvgIpc) is 2.41. The molecule has 2 aromatic carbocycles. The highest BCUT2D eigenvalue weighted by molar-refractivity contribution is 9.10. The number of benzene rings is 2. The summed E-state index contributed by atoms with van der Waals surface area (Å²) in [5.74, 6) is -1.12. The molecular formula is C13H8BrNO4S. The van der Waals surface area contributed by atoms with Crippen molar-refractivity contribution < 1.29 is 14.8 Å². The Kier molecular flexibility index (Phi) is 4.41. The normalized spacial score (nSPS) is 10.2. The van der Waals surface area contributed by atoms with Crippen molar-refractivity contribution in [2.45, 2.75) is 9.79 Å². The van der Waals surface area contributed by atoms with Crippen LogP contribution in [0.2, 0.25) is 0 Å².